The molecular weight excluding hydrogens is 380 g/mol. The van der Waals surface area contributed by atoms with Crippen LogP contribution in [0.2, 0.25) is 0 Å². The van der Waals surface area contributed by atoms with Gasteiger partial charge in [0.05, 0.1) is 5.71 Å². The number of hydrazone groups is 1. The lowest BCUT2D eigenvalue weighted by atomic mass is 9.66. The number of rotatable bonds is 3. The van der Waals surface area contributed by atoms with Gasteiger partial charge in [-0.05, 0) is 92.1 Å². The summed E-state index contributed by atoms with van der Waals surface area (Å²) in [5.74, 6) is -0.180. The highest BCUT2D eigenvalue weighted by atomic mass is 16.2. The van der Waals surface area contributed by atoms with Crippen molar-refractivity contribution in [3.8, 4) is 0 Å². The molecule has 0 heterocycles. The normalized spacial score (nSPS) is 19.2. The molecule has 0 aromatic heterocycles. The second-order valence-corrected chi connectivity index (χ2v) is 8.98. The second kappa shape index (κ2) is 8.14. The van der Waals surface area contributed by atoms with Crippen molar-refractivity contribution in [1.82, 2.24) is 5.43 Å². The summed E-state index contributed by atoms with van der Waals surface area (Å²) < 4.78 is 0. The Morgan fingerprint density at radius 1 is 0.871 bits per heavy atom. The van der Waals surface area contributed by atoms with Crippen LogP contribution in [0, 0.1) is 27.7 Å². The average Bonchev–Trinajstić information content (AvgIpc) is 2.77. The molecule has 3 heteroatoms. The van der Waals surface area contributed by atoms with Crippen LogP contribution >= 0.6 is 0 Å². The molecule has 0 aliphatic heterocycles. The molecule has 1 aliphatic rings. The minimum atomic E-state index is -0.180. The molecule has 4 rings (SSSR count). The van der Waals surface area contributed by atoms with Gasteiger partial charge in [0, 0.05) is 16.5 Å². The Morgan fingerprint density at radius 2 is 1.55 bits per heavy atom. The molecular formula is C28H30N2O. The summed E-state index contributed by atoms with van der Waals surface area (Å²) in [6.07, 6.45) is 1.76. The molecule has 3 aromatic rings. The predicted molar refractivity (Wildman–Crippen MR) is 128 cm³/mol. The number of fused-ring (bicyclic) bond motifs is 1. The van der Waals surface area contributed by atoms with E-state index in [0.717, 1.165) is 24.1 Å². The van der Waals surface area contributed by atoms with Crippen molar-refractivity contribution in [2.75, 3.05) is 0 Å². The van der Waals surface area contributed by atoms with E-state index in [2.05, 4.69) is 75.5 Å². The van der Waals surface area contributed by atoms with Crippen LogP contribution < -0.4 is 5.43 Å². The van der Waals surface area contributed by atoms with Gasteiger partial charge >= 0.3 is 0 Å². The number of benzene rings is 3. The second-order valence-electron chi connectivity index (χ2n) is 8.98. The maximum absolute atomic E-state index is 12.5. The fourth-order valence-electron chi connectivity index (χ4n) is 4.42. The van der Waals surface area contributed by atoms with Gasteiger partial charge in [-0.25, -0.2) is 5.43 Å². The Morgan fingerprint density at radius 3 is 2.26 bits per heavy atom. The van der Waals surface area contributed by atoms with Crippen molar-refractivity contribution in [2.45, 2.75) is 52.9 Å². The van der Waals surface area contributed by atoms with Crippen LogP contribution in [0.3, 0.4) is 0 Å². The molecule has 1 amide bonds. The van der Waals surface area contributed by atoms with Crippen LogP contribution in [0.4, 0.5) is 0 Å². The minimum absolute atomic E-state index is 0.0886. The topological polar surface area (TPSA) is 41.5 Å². The van der Waals surface area contributed by atoms with Gasteiger partial charge < -0.3 is 0 Å². The highest BCUT2D eigenvalue weighted by molar-refractivity contribution is 6.05. The number of nitrogens with zero attached hydrogens (tertiary/aromatic N) is 1. The lowest BCUT2D eigenvalue weighted by molar-refractivity contribution is 0.0954. The summed E-state index contributed by atoms with van der Waals surface area (Å²) in [4.78, 5) is 12.5. The fourth-order valence-corrected chi connectivity index (χ4v) is 4.42. The van der Waals surface area contributed by atoms with Crippen LogP contribution in [0.25, 0.3) is 0 Å². The van der Waals surface area contributed by atoms with Crippen molar-refractivity contribution < 1.29 is 4.79 Å². The van der Waals surface area contributed by atoms with Crippen LogP contribution in [0.5, 0.6) is 0 Å². The van der Waals surface area contributed by atoms with Gasteiger partial charge in [-0.1, -0.05) is 49.4 Å². The maximum atomic E-state index is 12.5. The predicted octanol–water partition coefficient (Wildman–Crippen LogP) is 6.15. The van der Waals surface area contributed by atoms with E-state index in [9.17, 15) is 4.79 Å². The van der Waals surface area contributed by atoms with Crippen LogP contribution in [-0.4, -0.2) is 11.6 Å². The van der Waals surface area contributed by atoms with E-state index < -0.39 is 0 Å². The van der Waals surface area contributed by atoms with Gasteiger partial charge in [-0.3, -0.25) is 4.79 Å². The lowest BCUT2D eigenvalue weighted by Gasteiger charge is -2.38. The average molecular weight is 411 g/mol. The SMILES string of the molecule is Cc1ccc([C@@]2(C)CC/C(=N/NC(=O)c3ccccc3)c3cc(C)c(C)cc32)cc1C. The highest BCUT2D eigenvalue weighted by Gasteiger charge is 2.37. The molecule has 3 aromatic carbocycles. The zero-order valence-corrected chi connectivity index (χ0v) is 19.0. The first-order chi connectivity index (χ1) is 14.8. The van der Waals surface area contributed by atoms with Crippen molar-refractivity contribution in [1.29, 1.82) is 0 Å². The summed E-state index contributed by atoms with van der Waals surface area (Å²) in [7, 11) is 0. The lowest BCUT2D eigenvalue weighted by Crippen LogP contribution is -2.33. The molecule has 31 heavy (non-hydrogen) atoms. The molecule has 0 unspecified atom stereocenters. The maximum Gasteiger partial charge on any atom is 0.271 e. The first-order valence-corrected chi connectivity index (χ1v) is 10.9. The van der Waals surface area contributed by atoms with E-state index in [0.29, 0.717) is 5.56 Å². The molecule has 1 N–H and O–H groups in total. The van der Waals surface area contributed by atoms with Crippen LogP contribution in [-0.2, 0) is 5.41 Å². The molecule has 158 valence electrons. The van der Waals surface area contributed by atoms with E-state index >= 15 is 0 Å². The minimum Gasteiger partial charge on any atom is -0.267 e. The number of nitrogens with one attached hydrogen (secondary N) is 1. The fraction of sp³-hybridized carbons (Fsp3) is 0.286. The van der Waals surface area contributed by atoms with Gasteiger partial charge in [0.1, 0.15) is 0 Å². The largest absolute Gasteiger partial charge is 0.271 e. The zero-order valence-electron chi connectivity index (χ0n) is 19.0. The number of amides is 1. The molecule has 1 atom stereocenters. The number of aryl methyl sites for hydroxylation is 4. The zero-order chi connectivity index (χ0) is 22.2. The molecule has 0 radical (unpaired) electrons. The Balaban J connectivity index is 1.76. The number of carbonyl (C=O) groups is 1. The van der Waals surface area contributed by atoms with Gasteiger partial charge in [0.2, 0.25) is 0 Å². The van der Waals surface area contributed by atoms with Gasteiger partial charge in [0.15, 0.2) is 0 Å². The van der Waals surface area contributed by atoms with Gasteiger partial charge in [-0.15, -0.1) is 0 Å². The van der Waals surface area contributed by atoms with Gasteiger partial charge in [0.25, 0.3) is 5.91 Å². The van der Waals surface area contributed by atoms with Crippen molar-refractivity contribution in [2.24, 2.45) is 5.10 Å². The Kier molecular flexibility index (Phi) is 5.53. The van der Waals surface area contributed by atoms with Crippen molar-refractivity contribution >= 4 is 11.6 Å². The first kappa shape index (κ1) is 21.0. The number of hydrogen-bond donors (Lipinski definition) is 1. The molecule has 1 aliphatic carbocycles. The molecule has 3 nitrogen and oxygen atoms in total. The molecule has 0 bridgehead atoms. The van der Waals surface area contributed by atoms with E-state index in [1.54, 1.807) is 12.1 Å². The Labute approximate surface area is 185 Å². The summed E-state index contributed by atoms with van der Waals surface area (Å²) in [6.45, 7) is 11.0. The van der Waals surface area contributed by atoms with Crippen LogP contribution in [0.1, 0.15) is 69.1 Å². The quantitative estimate of drug-likeness (QED) is 0.517. The Bertz CT molecular complexity index is 1180. The third-order valence-electron chi connectivity index (χ3n) is 6.87. The van der Waals surface area contributed by atoms with E-state index in [1.165, 1.54) is 33.4 Å². The molecule has 0 spiro atoms. The van der Waals surface area contributed by atoms with Crippen molar-refractivity contribution in [3.05, 3.63) is 105 Å². The van der Waals surface area contributed by atoms with E-state index in [-0.39, 0.29) is 11.3 Å². The third kappa shape index (κ3) is 3.93. The summed E-state index contributed by atoms with van der Waals surface area (Å²) in [6, 6.07) is 20.6. The van der Waals surface area contributed by atoms with E-state index in [4.69, 9.17) is 0 Å². The number of carbonyl (C=O) groups excluding carboxylic acids is 1. The van der Waals surface area contributed by atoms with Crippen molar-refractivity contribution in [3.63, 3.8) is 0 Å². The molecule has 0 saturated heterocycles. The molecule has 0 fully saturated rings. The summed E-state index contributed by atoms with van der Waals surface area (Å²) >= 11 is 0. The standard InChI is InChI=1S/C28H30N2O/c1-18-11-12-23(15-19(18)2)28(5)14-13-26(24-16-20(3)21(4)17-25(24)28)29-30-27(31)22-9-7-6-8-10-22/h6-12,15-17H,13-14H2,1-5H3,(H,30,31)/b29-26-/t28-/m1/s1. The summed E-state index contributed by atoms with van der Waals surface area (Å²) in [5.41, 5.74) is 13.2. The Hall–Kier alpha value is -3.20. The highest BCUT2D eigenvalue weighted by Crippen LogP contribution is 2.43. The van der Waals surface area contributed by atoms with E-state index in [1.807, 2.05) is 18.2 Å². The smallest absolute Gasteiger partial charge is 0.267 e. The first-order valence-electron chi connectivity index (χ1n) is 10.9. The number of hydrogen-bond acceptors (Lipinski definition) is 2. The van der Waals surface area contributed by atoms with Gasteiger partial charge in [-0.2, -0.15) is 5.10 Å². The van der Waals surface area contributed by atoms with Crippen LogP contribution in [0.15, 0.2) is 65.8 Å². The summed E-state index contributed by atoms with van der Waals surface area (Å²) in [5, 5.41) is 4.58. The third-order valence-corrected chi connectivity index (χ3v) is 6.87. The molecule has 0 saturated carbocycles. The monoisotopic (exact) mass is 410 g/mol.